The van der Waals surface area contributed by atoms with Crippen molar-refractivity contribution < 1.29 is 17.9 Å². The Kier molecular flexibility index (Phi) is 5.51. The van der Waals surface area contributed by atoms with E-state index in [2.05, 4.69) is 6.58 Å². The summed E-state index contributed by atoms with van der Waals surface area (Å²) in [5.74, 6) is -0.452. The van der Waals surface area contributed by atoms with E-state index in [1.54, 1.807) is 18.2 Å². The maximum atomic E-state index is 12.3. The number of sulfone groups is 1. The molecule has 0 saturated heterocycles. The van der Waals surface area contributed by atoms with Crippen molar-refractivity contribution in [3.8, 4) is 0 Å². The molecule has 1 rings (SSSR count). The van der Waals surface area contributed by atoms with Crippen LogP contribution in [0.2, 0.25) is 0 Å². The second-order valence-electron chi connectivity index (χ2n) is 3.78. The van der Waals surface area contributed by atoms with Crippen molar-refractivity contribution in [3.05, 3.63) is 54.0 Å². The van der Waals surface area contributed by atoms with Gasteiger partial charge >= 0.3 is 5.97 Å². The molecule has 0 atom stereocenters. The van der Waals surface area contributed by atoms with E-state index in [0.717, 1.165) is 0 Å². The lowest BCUT2D eigenvalue weighted by atomic mass is 10.4. The van der Waals surface area contributed by atoms with E-state index in [0.29, 0.717) is 0 Å². The highest BCUT2D eigenvalue weighted by Gasteiger charge is 2.18. The van der Waals surface area contributed by atoms with Gasteiger partial charge in [0.1, 0.15) is 6.61 Å². The molecule has 0 aromatic heterocycles. The fourth-order valence-electron chi connectivity index (χ4n) is 1.45. The molecule has 0 saturated carbocycles. The zero-order valence-electron chi connectivity index (χ0n) is 10.7. The average molecular weight is 280 g/mol. The van der Waals surface area contributed by atoms with Crippen LogP contribution in [0.4, 0.5) is 0 Å². The summed E-state index contributed by atoms with van der Waals surface area (Å²) < 4.78 is 29.4. The SMILES string of the molecule is C=CC/C(=C/COC(C)=O)S(=O)(=O)c1ccccc1. The van der Waals surface area contributed by atoms with Gasteiger partial charge in [0.2, 0.25) is 9.84 Å². The van der Waals surface area contributed by atoms with Crippen molar-refractivity contribution in [2.24, 2.45) is 0 Å². The summed E-state index contributed by atoms with van der Waals surface area (Å²) in [6, 6.07) is 8.11. The number of carbonyl (C=O) groups is 1. The van der Waals surface area contributed by atoms with E-state index in [4.69, 9.17) is 4.74 Å². The number of hydrogen-bond acceptors (Lipinski definition) is 4. The lowest BCUT2D eigenvalue weighted by Crippen LogP contribution is -2.07. The minimum Gasteiger partial charge on any atom is -0.462 e. The summed E-state index contributed by atoms with van der Waals surface area (Å²) in [6.07, 6.45) is 3.09. The maximum absolute atomic E-state index is 12.3. The molecule has 0 unspecified atom stereocenters. The normalized spacial score (nSPS) is 11.9. The number of ether oxygens (including phenoxy) is 1. The van der Waals surface area contributed by atoms with Gasteiger partial charge in [-0.3, -0.25) is 4.79 Å². The van der Waals surface area contributed by atoms with Gasteiger partial charge in [-0.15, -0.1) is 6.58 Å². The minimum atomic E-state index is -3.56. The van der Waals surface area contributed by atoms with Gasteiger partial charge in [-0.25, -0.2) is 8.42 Å². The molecule has 0 aliphatic rings. The molecular formula is C14H16O4S. The number of allylic oxidation sites excluding steroid dienone is 2. The fraction of sp³-hybridized carbons (Fsp3) is 0.214. The third-order valence-corrected chi connectivity index (χ3v) is 4.26. The summed E-state index contributed by atoms with van der Waals surface area (Å²) >= 11 is 0. The Balaban J connectivity index is 3.04. The van der Waals surface area contributed by atoms with Gasteiger partial charge in [0.25, 0.3) is 0 Å². The Morgan fingerprint density at radius 2 is 1.95 bits per heavy atom. The molecule has 0 aliphatic carbocycles. The van der Waals surface area contributed by atoms with Crippen LogP contribution in [0.5, 0.6) is 0 Å². The van der Waals surface area contributed by atoms with Gasteiger partial charge in [0.05, 0.1) is 9.80 Å². The highest BCUT2D eigenvalue weighted by molar-refractivity contribution is 7.95. The first kappa shape index (κ1) is 15.2. The van der Waals surface area contributed by atoms with Crippen LogP contribution < -0.4 is 0 Å². The Bertz CT molecular complexity index is 571. The number of benzene rings is 1. The molecule has 19 heavy (non-hydrogen) atoms. The van der Waals surface area contributed by atoms with Crippen LogP contribution in [0.3, 0.4) is 0 Å². The van der Waals surface area contributed by atoms with Crippen molar-refractivity contribution in [2.45, 2.75) is 18.2 Å². The Hall–Kier alpha value is -1.88. The first-order valence-corrected chi connectivity index (χ1v) is 7.20. The van der Waals surface area contributed by atoms with Crippen LogP contribution in [-0.2, 0) is 19.4 Å². The predicted octanol–water partition coefficient (Wildman–Crippen LogP) is 2.48. The van der Waals surface area contributed by atoms with E-state index in [1.165, 1.54) is 31.2 Å². The number of carbonyl (C=O) groups excluding carboxylic acids is 1. The van der Waals surface area contributed by atoms with Gasteiger partial charge in [-0.05, 0) is 18.2 Å². The quantitative estimate of drug-likeness (QED) is 0.593. The summed E-state index contributed by atoms with van der Waals surface area (Å²) in [7, 11) is -3.56. The number of esters is 1. The molecule has 0 heterocycles. The maximum Gasteiger partial charge on any atom is 0.302 e. The second kappa shape index (κ2) is 6.89. The largest absolute Gasteiger partial charge is 0.462 e. The summed E-state index contributed by atoms with van der Waals surface area (Å²) in [6.45, 7) is 4.74. The van der Waals surface area contributed by atoms with Gasteiger partial charge in [0, 0.05) is 13.3 Å². The zero-order valence-corrected chi connectivity index (χ0v) is 11.5. The van der Waals surface area contributed by atoms with Gasteiger partial charge < -0.3 is 4.74 Å². The summed E-state index contributed by atoms with van der Waals surface area (Å²) in [5.41, 5.74) is 0. The van der Waals surface area contributed by atoms with Crippen LogP contribution >= 0.6 is 0 Å². The first-order chi connectivity index (χ1) is 8.98. The van der Waals surface area contributed by atoms with Crippen LogP contribution in [0.15, 0.2) is 58.9 Å². The molecule has 0 spiro atoms. The van der Waals surface area contributed by atoms with Crippen LogP contribution in [0, 0.1) is 0 Å². The van der Waals surface area contributed by atoms with Crippen molar-refractivity contribution >= 4 is 15.8 Å². The molecule has 0 bridgehead atoms. The Morgan fingerprint density at radius 1 is 1.32 bits per heavy atom. The topological polar surface area (TPSA) is 60.4 Å². The van der Waals surface area contributed by atoms with Crippen LogP contribution in [0.25, 0.3) is 0 Å². The molecule has 0 N–H and O–H groups in total. The van der Waals surface area contributed by atoms with Gasteiger partial charge in [-0.1, -0.05) is 24.3 Å². The minimum absolute atomic E-state index is 0.0649. The molecule has 5 heteroatoms. The standard InChI is InChI=1S/C14H16O4S/c1-3-7-13(10-11-18-12(2)15)19(16,17)14-8-5-4-6-9-14/h3-6,8-10H,1,7,11H2,2H3/b13-10-. The van der Waals surface area contributed by atoms with Crippen molar-refractivity contribution in [1.29, 1.82) is 0 Å². The van der Waals surface area contributed by atoms with Crippen molar-refractivity contribution in [3.63, 3.8) is 0 Å². The van der Waals surface area contributed by atoms with Gasteiger partial charge in [0.15, 0.2) is 0 Å². The van der Waals surface area contributed by atoms with Crippen LogP contribution in [-0.4, -0.2) is 21.0 Å². The number of hydrogen-bond donors (Lipinski definition) is 0. The Morgan fingerprint density at radius 3 is 2.47 bits per heavy atom. The fourth-order valence-corrected chi connectivity index (χ4v) is 2.89. The molecular weight excluding hydrogens is 264 g/mol. The first-order valence-electron chi connectivity index (χ1n) is 5.72. The zero-order chi connectivity index (χ0) is 14.3. The van der Waals surface area contributed by atoms with E-state index in [-0.39, 0.29) is 22.8 Å². The molecule has 0 radical (unpaired) electrons. The number of rotatable bonds is 6. The third kappa shape index (κ3) is 4.37. The molecule has 102 valence electrons. The van der Waals surface area contributed by atoms with E-state index in [1.807, 2.05) is 0 Å². The van der Waals surface area contributed by atoms with E-state index < -0.39 is 15.8 Å². The van der Waals surface area contributed by atoms with Crippen LogP contribution in [0.1, 0.15) is 13.3 Å². The molecule has 1 aromatic carbocycles. The average Bonchev–Trinajstić information content (AvgIpc) is 2.38. The highest BCUT2D eigenvalue weighted by Crippen LogP contribution is 2.21. The lowest BCUT2D eigenvalue weighted by Gasteiger charge is -2.07. The monoisotopic (exact) mass is 280 g/mol. The molecule has 0 aliphatic heterocycles. The summed E-state index contributed by atoms with van der Waals surface area (Å²) in [5, 5.41) is 0. The van der Waals surface area contributed by atoms with Crippen molar-refractivity contribution in [1.82, 2.24) is 0 Å². The molecule has 0 amide bonds. The molecule has 1 aromatic rings. The summed E-state index contributed by atoms with van der Waals surface area (Å²) in [4.78, 5) is 11.1. The van der Waals surface area contributed by atoms with Crippen molar-refractivity contribution in [2.75, 3.05) is 6.61 Å². The van der Waals surface area contributed by atoms with Gasteiger partial charge in [-0.2, -0.15) is 0 Å². The Labute approximate surface area is 113 Å². The second-order valence-corrected chi connectivity index (χ2v) is 5.78. The third-order valence-electron chi connectivity index (χ3n) is 2.34. The predicted molar refractivity (Wildman–Crippen MR) is 73.2 cm³/mol. The van der Waals surface area contributed by atoms with E-state index >= 15 is 0 Å². The lowest BCUT2D eigenvalue weighted by molar-refractivity contribution is -0.139. The highest BCUT2D eigenvalue weighted by atomic mass is 32.2. The molecule has 4 nitrogen and oxygen atoms in total. The van der Waals surface area contributed by atoms with E-state index in [9.17, 15) is 13.2 Å². The smallest absolute Gasteiger partial charge is 0.302 e. The molecule has 0 fully saturated rings.